The topological polar surface area (TPSA) is 26.0 Å². The maximum atomic E-state index is 6.21. The lowest BCUT2D eigenvalue weighted by Gasteiger charge is -2.12. The SMILES string of the molecule is CCCCCCCCCC(N)CSc1ccccc1C. The normalized spacial score (nSPS) is 12.6. The van der Waals surface area contributed by atoms with Gasteiger partial charge in [0.2, 0.25) is 0 Å². The number of benzene rings is 1. The lowest BCUT2D eigenvalue weighted by molar-refractivity contribution is 0.549. The second-order valence-electron chi connectivity index (χ2n) is 5.75. The molecule has 0 heterocycles. The van der Waals surface area contributed by atoms with Crippen molar-refractivity contribution in [3.05, 3.63) is 29.8 Å². The molecule has 1 unspecified atom stereocenters. The van der Waals surface area contributed by atoms with Crippen LogP contribution in [-0.2, 0) is 0 Å². The minimum Gasteiger partial charge on any atom is -0.327 e. The Hall–Kier alpha value is -0.470. The summed E-state index contributed by atoms with van der Waals surface area (Å²) in [5.74, 6) is 1.04. The molecule has 1 atom stereocenters. The molecule has 0 spiro atoms. The summed E-state index contributed by atoms with van der Waals surface area (Å²) in [6.45, 7) is 4.44. The monoisotopic (exact) mass is 293 g/mol. The fourth-order valence-electron chi connectivity index (χ4n) is 2.36. The molecule has 2 N–H and O–H groups in total. The second-order valence-corrected chi connectivity index (χ2v) is 6.81. The molecule has 0 aromatic heterocycles. The number of hydrogen-bond acceptors (Lipinski definition) is 2. The van der Waals surface area contributed by atoms with Gasteiger partial charge in [-0.15, -0.1) is 11.8 Å². The van der Waals surface area contributed by atoms with E-state index in [-0.39, 0.29) is 0 Å². The first-order valence-corrected chi connectivity index (χ1v) is 9.16. The van der Waals surface area contributed by atoms with E-state index in [0.29, 0.717) is 6.04 Å². The average molecular weight is 294 g/mol. The Kier molecular flexibility index (Phi) is 9.86. The molecule has 1 rings (SSSR count). The van der Waals surface area contributed by atoms with Crippen LogP contribution in [-0.4, -0.2) is 11.8 Å². The predicted octanol–water partition coefficient (Wildman–Crippen LogP) is 5.56. The molecule has 0 aliphatic rings. The lowest BCUT2D eigenvalue weighted by Crippen LogP contribution is -2.22. The van der Waals surface area contributed by atoms with Crippen LogP contribution in [0.15, 0.2) is 29.2 Å². The zero-order valence-corrected chi connectivity index (χ0v) is 14.1. The smallest absolute Gasteiger partial charge is 0.0133 e. The lowest BCUT2D eigenvalue weighted by atomic mass is 10.1. The summed E-state index contributed by atoms with van der Waals surface area (Å²) in [6, 6.07) is 8.91. The standard InChI is InChI=1S/C18H31NS/c1-3-4-5-6-7-8-9-13-17(19)15-20-18-14-11-10-12-16(18)2/h10-12,14,17H,3-9,13,15,19H2,1-2H3. The van der Waals surface area contributed by atoms with Crippen LogP contribution in [0.5, 0.6) is 0 Å². The molecule has 0 saturated carbocycles. The molecule has 1 aromatic carbocycles. The van der Waals surface area contributed by atoms with Gasteiger partial charge in [0, 0.05) is 16.7 Å². The molecule has 2 heteroatoms. The largest absolute Gasteiger partial charge is 0.327 e. The van der Waals surface area contributed by atoms with Crippen LogP contribution < -0.4 is 5.73 Å². The van der Waals surface area contributed by atoms with Gasteiger partial charge >= 0.3 is 0 Å². The Balaban J connectivity index is 2.03. The van der Waals surface area contributed by atoms with Gasteiger partial charge in [-0.3, -0.25) is 0 Å². The highest BCUT2D eigenvalue weighted by Crippen LogP contribution is 2.23. The quantitative estimate of drug-likeness (QED) is 0.427. The number of aryl methyl sites for hydroxylation is 1. The van der Waals surface area contributed by atoms with Gasteiger partial charge < -0.3 is 5.73 Å². The number of nitrogens with two attached hydrogens (primary N) is 1. The number of thioether (sulfide) groups is 1. The molecule has 1 nitrogen and oxygen atoms in total. The van der Waals surface area contributed by atoms with E-state index >= 15 is 0 Å². The van der Waals surface area contributed by atoms with Crippen molar-refractivity contribution in [3.63, 3.8) is 0 Å². The van der Waals surface area contributed by atoms with Crippen molar-refractivity contribution >= 4 is 11.8 Å². The average Bonchev–Trinajstić information content (AvgIpc) is 2.45. The van der Waals surface area contributed by atoms with Gasteiger partial charge in [0.15, 0.2) is 0 Å². The van der Waals surface area contributed by atoms with Crippen LogP contribution in [0.2, 0.25) is 0 Å². The maximum absolute atomic E-state index is 6.21. The number of rotatable bonds is 11. The third-order valence-corrected chi connectivity index (χ3v) is 5.09. The molecule has 0 radical (unpaired) electrons. The fraction of sp³-hybridized carbons (Fsp3) is 0.667. The van der Waals surface area contributed by atoms with Crippen LogP contribution in [0.3, 0.4) is 0 Å². The third-order valence-electron chi connectivity index (χ3n) is 3.72. The van der Waals surface area contributed by atoms with E-state index in [4.69, 9.17) is 5.73 Å². The molecule has 0 aliphatic carbocycles. The first-order valence-electron chi connectivity index (χ1n) is 8.18. The first-order chi connectivity index (χ1) is 9.74. The van der Waals surface area contributed by atoms with E-state index < -0.39 is 0 Å². The Bertz CT molecular complexity index is 351. The van der Waals surface area contributed by atoms with Crippen molar-refractivity contribution in [1.29, 1.82) is 0 Å². The van der Waals surface area contributed by atoms with Gasteiger partial charge in [0.1, 0.15) is 0 Å². The summed E-state index contributed by atoms with van der Waals surface area (Å²) in [5, 5.41) is 0. The van der Waals surface area contributed by atoms with Gasteiger partial charge in [-0.05, 0) is 25.0 Å². The Morgan fingerprint density at radius 3 is 2.35 bits per heavy atom. The third kappa shape index (κ3) is 7.96. The van der Waals surface area contributed by atoms with Crippen molar-refractivity contribution in [2.24, 2.45) is 5.73 Å². The molecular formula is C18H31NS. The van der Waals surface area contributed by atoms with Crippen LogP contribution >= 0.6 is 11.8 Å². The maximum Gasteiger partial charge on any atom is 0.0133 e. The molecule has 114 valence electrons. The summed E-state index contributed by atoms with van der Waals surface area (Å²) >= 11 is 1.91. The van der Waals surface area contributed by atoms with Gasteiger partial charge in [-0.25, -0.2) is 0 Å². The van der Waals surface area contributed by atoms with E-state index in [9.17, 15) is 0 Å². The van der Waals surface area contributed by atoms with Gasteiger partial charge in [-0.2, -0.15) is 0 Å². The van der Waals surface area contributed by atoms with E-state index in [2.05, 4.69) is 38.1 Å². The number of unbranched alkanes of at least 4 members (excludes halogenated alkanes) is 6. The predicted molar refractivity (Wildman–Crippen MR) is 92.5 cm³/mol. The second kappa shape index (κ2) is 11.2. The van der Waals surface area contributed by atoms with Crippen LogP contribution in [0.25, 0.3) is 0 Å². The molecule has 0 aliphatic heterocycles. The van der Waals surface area contributed by atoms with Crippen LogP contribution in [0.4, 0.5) is 0 Å². The summed E-state index contributed by atoms with van der Waals surface area (Å²) < 4.78 is 0. The molecule has 0 saturated heterocycles. The van der Waals surface area contributed by atoms with Crippen molar-refractivity contribution in [3.8, 4) is 0 Å². The molecular weight excluding hydrogens is 262 g/mol. The summed E-state index contributed by atoms with van der Waals surface area (Å²) in [5.41, 5.74) is 7.57. The molecule has 1 aromatic rings. The van der Waals surface area contributed by atoms with Gasteiger partial charge in [-0.1, -0.05) is 70.1 Å². The molecule has 0 amide bonds. The minimum atomic E-state index is 0.343. The Morgan fingerprint density at radius 2 is 1.65 bits per heavy atom. The fourth-order valence-corrected chi connectivity index (χ4v) is 3.39. The zero-order valence-electron chi connectivity index (χ0n) is 13.2. The first kappa shape index (κ1) is 17.6. The molecule has 0 fully saturated rings. The van der Waals surface area contributed by atoms with Crippen molar-refractivity contribution in [2.75, 3.05) is 5.75 Å². The van der Waals surface area contributed by atoms with Crippen molar-refractivity contribution in [2.45, 2.75) is 76.2 Å². The summed E-state index contributed by atoms with van der Waals surface area (Å²) in [7, 11) is 0. The van der Waals surface area contributed by atoms with E-state index in [1.165, 1.54) is 61.8 Å². The van der Waals surface area contributed by atoms with E-state index in [0.717, 1.165) is 5.75 Å². The molecule has 20 heavy (non-hydrogen) atoms. The van der Waals surface area contributed by atoms with Gasteiger partial charge in [0.25, 0.3) is 0 Å². The zero-order chi connectivity index (χ0) is 14.6. The minimum absolute atomic E-state index is 0.343. The Labute approximate surface area is 129 Å². The van der Waals surface area contributed by atoms with Crippen LogP contribution in [0.1, 0.15) is 63.9 Å². The number of hydrogen-bond donors (Lipinski definition) is 1. The Morgan fingerprint density at radius 1 is 1.00 bits per heavy atom. The van der Waals surface area contributed by atoms with Gasteiger partial charge in [0.05, 0.1) is 0 Å². The highest BCUT2D eigenvalue weighted by Gasteiger charge is 2.05. The van der Waals surface area contributed by atoms with Crippen molar-refractivity contribution < 1.29 is 0 Å². The van der Waals surface area contributed by atoms with Crippen molar-refractivity contribution in [1.82, 2.24) is 0 Å². The van der Waals surface area contributed by atoms with Crippen LogP contribution in [0, 0.1) is 6.92 Å². The summed E-state index contributed by atoms with van der Waals surface area (Å²) in [6.07, 6.45) is 10.7. The highest BCUT2D eigenvalue weighted by molar-refractivity contribution is 7.99. The van der Waals surface area contributed by atoms with E-state index in [1.807, 2.05) is 11.8 Å². The highest BCUT2D eigenvalue weighted by atomic mass is 32.2. The molecule has 0 bridgehead atoms. The van der Waals surface area contributed by atoms with E-state index in [1.54, 1.807) is 0 Å². The summed E-state index contributed by atoms with van der Waals surface area (Å²) in [4.78, 5) is 1.38.